The van der Waals surface area contributed by atoms with Gasteiger partial charge < -0.3 is 19.5 Å². The van der Waals surface area contributed by atoms with Gasteiger partial charge in [0.25, 0.3) is 5.91 Å². The van der Waals surface area contributed by atoms with Crippen molar-refractivity contribution in [1.82, 2.24) is 4.90 Å². The SMILES string of the molecule is COc1cccc(C(=O)N2CCOC(CO)(Cc3ccccc3)C2)c1. The molecule has 2 aromatic carbocycles. The van der Waals surface area contributed by atoms with E-state index >= 15 is 0 Å². The summed E-state index contributed by atoms with van der Waals surface area (Å²) in [6, 6.07) is 17.0. The molecule has 0 aliphatic carbocycles. The van der Waals surface area contributed by atoms with Gasteiger partial charge in [0.05, 0.1) is 26.9 Å². The lowest BCUT2D eigenvalue weighted by atomic mass is 9.93. The van der Waals surface area contributed by atoms with Crippen molar-refractivity contribution in [1.29, 1.82) is 0 Å². The van der Waals surface area contributed by atoms with Gasteiger partial charge >= 0.3 is 0 Å². The monoisotopic (exact) mass is 341 g/mol. The standard InChI is InChI=1S/C20H23NO4/c1-24-18-9-5-8-17(12-18)19(23)21-10-11-25-20(14-21,15-22)13-16-6-3-2-4-7-16/h2-9,12,22H,10-11,13-15H2,1H3. The topological polar surface area (TPSA) is 59.0 Å². The predicted octanol–water partition coefficient (Wildman–Crippen LogP) is 2.14. The third-order valence-electron chi connectivity index (χ3n) is 4.51. The van der Waals surface area contributed by atoms with Crippen molar-refractivity contribution in [3.05, 3.63) is 65.7 Å². The molecule has 2 aromatic rings. The molecule has 1 atom stereocenters. The highest BCUT2D eigenvalue weighted by Gasteiger charge is 2.38. The Bertz CT molecular complexity index is 719. The smallest absolute Gasteiger partial charge is 0.254 e. The van der Waals surface area contributed by atoms with Crippen LogP contribution < -0.4 is 4.74 Å². The van der Waals surface area contributed by atoms with E-state index < -0.39 is 5.60 Å². The zero-order valence-corrected chi connectivity index (χ0v) is 14.4. The average molecular weight is 341 g/mol. The maximum atomic E-state index is 12.9. The normalized spacial score (nSPS) is 20.3. The van der Waals surface area contributed by atoms with Crippen LogP contribution in [0.2, 0.25) is 0 Å². The second-order valence-corrected chi connectivity index (χ2v) is 6.31. The van der Waals surface area contributed by atoms with Gasteiger partial charge in [-0.3, -0.25) is 4.79 Å². The van der Waals surface area contributed by atoms with E-state index in [4.69, 9.17) is 9.47 Å². The molecule has 0 spiro atoms. The molecule has 0 aromatic heterocycles. The number of ether oxygens (including phenoxy) is 2. The number of nitrogens with zero attached hydrogens (tertiary/aromatic N) is 1. The summed E-state index contributed by atoms with van der Waals surface area (Å²) in [5.41, 5.74) is 0.883. The summed E-state index contributed by atoms with van der Waals surface area (Å²) in [7, 11) is 1.58. The third kappa shape index (κ3) is 4.00. The number of hydrogen-bond acceptors (Lipinski definition) is 4. The van der Waals surface area contributed by atoms with Gasteiger partial charge in [-0.05, 0) is 23.8 Å². The molecule has 3 rings (SSSR count). The second kappa shape index (κ2) is 7.68. The van der Waals surface area contributed by atoms with E-state index in [0.29, 0.717) is 37.4 Å². The fourth-order valence-electron chi connectivity index (χ4n) is 3.18. The Kier molecular flexibility index (Phi) is 5.36. The number of aliphatic hydroxyl groups is 1. The number of carbonyl (C=O) groups excluding carboxylic acids is 1. The van der Waals surface area contributed by atoms with Crippen LogP contribution in [0.4, 0.5) is 0 Å². The number of amides is 1. The minimum Gasteiger partial charge on any atom is -0.497 e. The highest BCUT2D eigenvalue weighted by atomic mass is 16.5. The molecule has 0 bridgehead atoms. The van der Waals surface area contributed by atoms with E-state index in [2.05, 4.69) is 0 Å². The zero-order chi connectivity index (χ0) is 17.7. The lowest BCUT2D eigenvalue weighted by Crippen LogP contribution is -2.56. The summed E-state index contributed by atoms with van der Waals surface area (Å²) in [6.07, 6.45) is 0.562. The van der Waals surface area contributed by atoms with Crippen molar-refractivity contribution >= 4 is 5.91 Å². The number of carbonyl (C=O) groups is 1. The van der Waals surface area contributed by atoms with Gasteiger partial charge in [-0.2, -0.15) is 0 Å². The molecule has 5 heteroatoms. The second-order valence-electron chi connectivity index (χ2n) is 6.31. The van der Waals surface area contributed by atoms with E-state index in [1.54, 1.807) is 30.2 Å². The molecule has 1 aliphatic heterocycles. The van der Waals surface area contributed by atoms with Crippen molar-refractivity contribution in [2.24, 2.45) is 0 Å². The number of aliphatic hydroxyl groups excluding tert-OH is 1. The fraction of sp³-hybridized carbons (Fsp3) is 0.350. The first-order valence-electron chi connectivity index (χ1n) is 8.38. The Balaban J connectivity index is 1.77. The zero-order valence-electron chi connectivity index (χ0n) is 14.4. The van der Waals surface area contributed by atoms with Gasteiger partial charge in [0.2, 0.25) is 0 Å². The maximum absolute atomic E-state index is 12.9. The van der Waals surface area contributed by atoms with Crippen LogP contribution in [0.15, 0.2) is 54.6 Å². The van der Waals surface area contributed by atoms with Crippen LogP contribution in [-0.4, -0.2) is 54.9 Å². The van der Waals surface area contributed by atoms with E-state index in [0.717, 1.165) is 5.56 Å². The van der Waals surface area contributed by atoms with E-state index in [1.165, 1.54) is 0 Å². The molecular weight excluding hydrogens is 318 g/mol. The number of methoxy groups -OCH3 is 1. The number of morpholine rings is 1. The summed E-state index contributed by atoms with van der Waals surface area (Å²) in [5.74, 6) is 0.574. The molecule has 1 saturated heterocycles. The molecule has 1 amide bonds. The average Bonchev–Trinajstić information content (AvgIpc) is 2.68. The van der Waals surface area contributed by atoms with Crippen LogP contribution in [0.3, 0.4) is 0 Å². The highest BCUT2D eigenvalue weighted by molar-refractivity contribution is 5.94. The fourth-order valence-corrected chi connectivity index (χ4v) is 3.18. The molecule has 132 valence electrons. The van der Waals surface area contributed by atoms with Crippen LogP contribution in [-0.2, 0) is 11.2 Å². The molecule has 5 nitrogen and oxygen atoms in total. The molecular formula is C20H23NO4. The van der Waals surface area contributed by atoms with Crippen molar-refractivity contribution in [3.63, 3.8) is 0 Å². The summed E-state index contributed by atoms with van der Waals surface area (Å²) < 4.78 is 11.1. The Morgan fingerprint density at radius 1 is 1.24 bits per heavy atom. The Hall–Kier alpha value is -2.37. The van der Waals surface area contributed by atoms with Gasteiger partial charge in [-0.15, -0.1) is 0 Å². The summed E-state index contributed by atoms with van der Waals surface area (Å²) in [4.78, 5) is 14.6. The van der Waals surface area contributed by atoms with E-state index in [9.17, 15) is 9.90 Å². The van der Waals surface area contributed by atoms with Gasteiger partial charge in [0, 0.05) is 18.5 Å². The van der Waals surface area contributed by atoms with Crippen LogP contribution in [0.1, 0.15) is 15.9 Å². The summed E-state index contributed by atoms with van der Waals surface area (Å²) in [6.45, 7) is 1.13. The molecule has 0 saturated carbocycles. The van der Waals surface area contributed by atoms with Crippen molar-refractivity contribution in [2.75, 3.05) is 33.4 Å². The van der Waals surface area contributed by atoms with Crippen molar-refractivity contribution in [2.45, 2.75) is 12.0 Å². The lowest BCUT2D eigenvalue weighted by molar-refractivity contribution is -0.123. The quantitative estimate of drug-likeness (QED) is 0.905. The first kappa shape index (κ1) is 17.5. The molecule has 1 fully saturated rings. The Labute approximate surface area is 147 Å². The van der Waals surface area contributed by atoms with Gasteiger partial charge in [-0.25, -0.2) is 0 Å². The molecule has 1 N–H and O–H groups in total. The maximum Gasteiger partial charge on any atom is 0.254 e. The first-order valence-corrected chi connectivity index (χ1v) is 8.38. The Morgan fingerprint density at radius 2 is 2.04 bits per heavy atom. The molecule has 25 heavy (non-hydrogen) atoms. The van der Waals surface area contributed by atoms with Gasteiger partial charge in [0.1, 0.15) is 11.4 Å². The number of hydrogen-bond donors (Lipinski definition) is 1. The molecule has 0 radical (unpaired) electrons. The summed E-state index contributed by atoms with van der Waals surface area (Å²) >= 11 is 0. The van der Waals surface area contributed by atoms with Crippen LogP contribution in [0, 0.1) is 0 Å². The predicted molar refractivity (Wildman–Crippen MR) is 94.8 cm³/mol. The minimum atomic E-state index is -0.770. The van der Waals surface area contributed by atoms with E-state index in [-0.39, 0.29) is 12.5 Å². The van der Waals surface area contributed by atoms with Crippen molar-refractivity contribution < 1.29 is 19.4 Å². The Morgan fingerprint density at radius 3 is 2.76 bits per heavy atom. The molecule has 1 unspecified atom stereocenters. The van der Waals surface area contributed by atoms with Gasteiger partial charge in [0.15, 0.2) is 0 Å². The third-order valence-corrected chi connectivity index (χ3v) is 4.51. The largest absolute Gasteiger partial charge is 0.497 e. The number of rotatable bonds is 5. The minimum absolute atomic E-state index is 0.0758. The van der Waals surface area contributed by atoms with Gasteiger partial charge in [-0.1, -0.05) is 36.4 Å². The first-order chi connectivity index (χ1) is 12.2. The highest BCUT2D eigenvalue weighted by Crippen LogP contribution is 2.25. The van der Waals surface area contributed by atoms with Crippen LogP contribution in [0.25, 0.3) is 0 Å². The van der Waals surface area contributed by atoms with E-state index in [1.807, 2.05) is 36.4 Å². The van der Waals surface area contributed by atoms with Crippen LogP contribution >= 0.6 is 0 Å². The number of benzene rings is 2. The lowest BCUT2D eigenvalue weighted by Gasteiger charge is -2.42. The van der Waals surface area contributed by atoms with Crippen LogP contribution in [0.5, 0.6) is 5.75 Å². The molecule has 1 aliphatic rings. The molecule has 1 heterocycles. The van der Waals surface area contributed by atoms with Crippen molar-refractivity contribution in [3.8, 4) is 5.75 Å². The summed E-state index contributed by atoms with van der Waals surface area (Å²) in [5, 5.41) is 9.97.